The molecule has 6 heteroatoms. The lowest BCUT2D eigenvalue weighted by atomic mass is 9.51. The maximum atomic E-state index is 16.1. The van der Waals surface area contributed by atoms with Crippen molar-refractivity contribution in [3.63, 3.8) is 0 Å². The average Bonchev–Trinajstić information content (AvgIpc) is 3.35. The number of aromatic hydroxyl groups is 1. The van der Waals surface area contributed by atoms with Gasteiger partial charge in [-0.3, -0.25) is 4.79 Å². The molecule has 3 aliphatic rings. The second-order valence-corrected chi connectivity index (χ2v) is 15.1. The standard InChI is InChI=1S/C41H60FNO4/c1-4-6-7-8-10-13-24-43(40(46)29-16-19-33(20-17-29)47-5-2)25-14-11-9-12-15-30-26-31-27-32(44)18-21-34(31)39-36(42)28-41(3)35(38(30)39)22-23-37(41)45/h16-21,27,30,35-39,44-45H,4-15,22-26,28H2,1-3H3/t30?,35?,36?,37?,38?,39?,41-/m0/s1. The molecule has 3 aliphatic carbocycles. The van der Waals surface area contributed by atoms with Crippen molar-refractivity contribution in [2.75, 3.05) is 19.7 Å². The summed E-state index contributed by atoms with van der Waals surface area (Å²) in [5.74, 6) is 1.95. The molecule has 7 atom stereocenters. The molecule has 0 aromatic heterocycles. The van der Waals surface area contributed by atoms with Gasteiger partial charge in [0.25, 0.3) is 5.91 Å². The summed E-state index contributed by atoms with van der Waals surface area (Å²) in [6.45, 7) is 8.50. The zero-order valence-corrected chi connectivity index (χ0v) is 29.3. The first-order chi connectivity index (χ1) is 22.8. The van der Waals surface area contributed by atoms with Crippen LogP contribution in [0, 0.1) is 23.2 Å². The lowest BCUT2D eigenvalue weighted by molar-refractivity contribution is -0.0722. The number of rotatable bonds is 17. The number of phenolic OH excluding ortho intramolecular Hbond substituents is 1. The van der Waals surface area contributed by atoms with Crippen LogP contribution in [0.1, 0.15) is 138 Å². The zero-order valence-electron chi connectivity index (χ0n) is 29.3. The highest BCUT2D eigenvalue weighted by Crippen LogP contribution is 2.63. The normalized spacial score (nSPS) is 27.9. The summed E-state index contributed by atoms with van der Waals surface area (Å²) < 4.78 is 21.7. The molecule has 260 valence electrons. The Morgan fingerprint density at radius 1 is 0.936 bits per heavy atom. The van der Waals surface area contributed by atoms with Gasteiger partial charge in [0.2, 0.25) is 0 Å². The molecule has 1 amide bonds. The third-order valence-electron chi connectivity index (χ3n) is 12.0. The summed E-state index contributed by atoms with van der Waals surface area (Å²) >= 11 is 0. The number of hydrogen-bond donors (Lipinski definition) is 2. The van der Waals surface area contributed by atoms with E-state index in [1.165, 1.54) is 25.7 Å². The Kier molecular flexibility index (Phi) is 12.7. The fourth-order valence-electron chi connectivity index (χ4n) is 9.54. The second-order valence-electron chi connectivity index (χ2n) is 15.1. The molecule has 2 saturated carbocycles. The van der Waals surface area contributed by atoms with Gasteiger partial charge in [-0.1, -0.05) is 71.3 Å². The number of amides is 1. The molecule has 2 N–H and O–H groups in total. The van der Waals surface area contributed by atoms with Crippen molar-refractivity contribution in [2.24, 2.45) is 23.2 Å². The number of carbonyl (C=O) groups excluding carboxylic acids is 1. The number of ether oxygens (including phenoxy) is 1. The molecule has 5 rings (SSSR count). The number of unbranched alkanes of at least 4 members (excludes halogenated alkanes) is 8. The van der Waals surface area contributed by atoms with Crippen molar-refractivity contribution in [1.29, 1.82) is 0 Å². The molecule has 2 aromatic rings. The Balaban J connectivity index is 1.17. The van der Waals surface area contributed by atoms with Gasteiger partial charge in [-0.25, -0.2) is 4.39 Å². The van der Waals surface area contributed by atoms with E-state index < -0.39 is 12.3 Å². The van der Waals surface area contributed by atoms with E-state index in [0.29, 0.717) is 24.9 Å². The lowest BCUT2D eigenvalue weighted by Gasteiger charge is -2.54. The van der Waals surface area contributed by atoms with Crippen LogP contribution in [0.25, 0.3) is 0 Å². The number of alkyl halides is 1. The van der Waals surface area contributed by atoms with Gasteiger partial charge in [-0.15, -0.1) is 0 Å². The summed E-state index contributed by atoms with van der Waals surface area (Å²) in [6.07, 6.45) is 14.1. The van der Waals surface area contributed by atoms with Gasteiger partial charge in [0.15, 0.2) is 0 Å². The zero-order chi connectivity index (χ0) is 33.4. The lowest BCUT2D eigenvalue weighted by Crippen LogP contribution is -2.51. The van der Waals surface area contributed by atoms with Crippen LogP contribution in [0.2, 0.25) is 0 Å². The Morgan fingerprint density at radius 3 is 2.32 bits per heavy atom. The number of halogens is 1. The van der Waals surface area contributed by atoms with E-state index in [-0.39, 0.29) is 28.9 Å². The molecule has 0 heterocycles. The van der Waals surface area contributed by atoms with Crippen molar-refractivity contribution in [2.45, 2.75) is 135 Å². The number of benzene rings is 2. The minimum Gasteiger partial charge on any atom is -0.508 e. The van der Waals surface area contributed by atoms with Crippen LogP contribution in [0.3, 0.4) is 0 Å². The van der Waals surface area contributed by atoms with E-state index >= 15 is 4.39 Å². The third kappa shape index (κ3) is 8.35. The second kappa shape index (κ2) is 16.7. The van der Waals surface area contributed by atoms with Gasteiger partial charge in [-0.2, -0.15) is 0 Å². The molecule has 0 spiro atoms. The van der Waals surface area contributed by atoms with Gasteiger partial charge < -0.3 is 19.8 Å². The Labute approximate surface area is 283 Å². The highest BCUT2D eigenvalue weighted by Gasteiger charge is 2.59. The SMILES string of the molecule is CCCCCCCCN(CCCCCCC1Cc2cc(O)ccc2C2C(F)C[C@]3(C)C(O)CCC3C12)C(=O)c1ccc(OCC)cc1. The van der Waals surface area contributed by atoms with E-state index in [1.807, 2.05) is 43.3 Å². The summed E-state index contributed by atoms with van der Waals surface area (Å²) in [6, 6.07) is 13.1. The van der Waals surface area contributed by atoms with Gasteiger partial charge >= 0.3 is 0 Å². The number of fused-ring (bicyclic) bond motifs is 5. The van der Waals surface area contributed by atoms with Crippen LogP contribution in [-0.2, 0) is 6.42 Å². The number of aliphatic hydroxyl groups excluding tert-OH is 1. The van der Waals surface area contributed by atoms with E-state index in [2.05, 4.69) is 18.7 Å². The molecule has 0 radical (unpaired) electrons. The van der Waals surface area contributed by atoms with Crippen LogP contribution < -0.4 is 4.74 Å². The Bertz CT molecular complexity index is 1280. The average molecular weight is 650 g/mol. The number of phenols is 1. The quantitative estimate of drug-likeness (QED) is 0.168. The predicted octanol–water partition coefficient (Wildman–Crippen LogP) is 9.64. The molecule has 2 aromatic carbocycles. The van der Waals surface area contributed by atoms with Crippen LogP contribution in [0.5, 0.6) is 11.5 Å². The highest BCUT2D eigenvalue weighted by molar-refractivity contribution is 5.94. The van der Waals surface area contributed by atoms with Gasteiger partial charge in [0, 0.05) is 24.6 Å². The van der Waals surface area contributed by atoms with Crippen LogP contribution >= 0.6 is 0 Å². The fourth-order valence-corrected chi connectivity index (χ4v) is 9.54. The molecule has 0 aliphatic heterocycles. The Hall–Kier alpha value is -2.60. The van der Waals surface area contributed by atoms with Crippen molar-refractivity contribution in [1.82, 2.24) is 4.90 Å². The molecule has 0 bridgehead atoms. The van der Waals surface area contributed by atoms with Crippen molar-refractivity contribution in [3.8, 4) is 11.5 Å². The number of hydrogen-bond acceptors (Lipinski definition) is 4. The summed E-state index contributed by atoms with van der Waals surface area (Å²) in [4.78, 5) is 15.6. The summed E-state index contributed by atoms with van der Waals surface area (Å²) in [5, 5.41) is 21.2. The van der Waals surface area contributed by atoms with Crippen molar-refractivity contribution < 1.29 is 24.1 Å². The van der Waals surface area contributed by atoms with E-state index in [9.17, 15) is 15.0 Å². The van der Waals surface area contributed by atoms with E-state index in [4.69, 9.17) is 4.74 Å². The molecule has 2 fully saturated rings. The third-order valence-corrected chi connectivity index (χ3v) is 12.0. The van der Waals surface area contributed by atoms with Crippen LogP contribution in [0.15, 0.2) is 42.5 Å². The van der Waals surface area contributed by atoms with E-state index in [1.54, 1.807) is 6.07 Å². The Morgan fingerprint density at radius 2 is 1.62 bits per heavy atom. The first-order valence-corrected chi connectivity index (χ1v) is 18.9. The molecule has 6 unspecified atom stereocenters. The topological polar surface area (TPSA) is 70.0 Å². The van der Waals surface area contributed by atoms with Crippen molar-refractivity contribution >= 4 is 5.91 Å². The monoisotopic (exact) mass is 649 g/mol. The minimum atomic E-state index is -0.967. The smallest absolute Gasteiger partial charge is 0.253 e. The van der Waals surface area contributed by atoms with E-state index in [0.717, 1.165) is 99.7 Å². The summed E-state index contributed by atoms with van der Waals surface area (Å²) in [5.41, 5.74) is 2.57. The first-order valence-electron chi connectivity index (χ1n) is 18.9. The molecule has 0 saturated heterocycles. The first kappa shape index (κ1) is 35.7. The van der Waals surface area contributed by atoms with Crippen molar-refractivity contribution in [3.05, 3.63) is 59.2 Å². The minimum absolute atomic E-state index is 0.108. The summed E-state index contributed by atoms with van der Waals surface area (Å²) in [7, 11) is 0. The molecular weight excluding hydrogens is 589 g/mol. The maximum Gasteiger partial charge on any atom is 0.253 e. The maximum absolute atomic E-state index is 16.1. The molecule has 47 heavy (non-hydrogen) atoms. The van der Waals surface area contributed by atoms with Crippen LogP contribution in [-0.4, -0.2) is 53.0 Å². The molecule has 5 nitrogen and oxygen atoms in total. The number of aliphatic hydroxyl groups is 1. The van der Waals surface area contributed by atoms with Gasteiger partial charge in [-0.05, 0) is 123 Å². The predicted molar refractivity (Wildman–Crippen MR) is 188 cm³/mol. The number of carbonyl (C=O) groups is 1. The number of nitrogens with zero attached hydrogens (tertiary/aromatic N) is 1. The van der Waals surface area contributed by atoms with Gasteiger partial charge in [0.05, 0.1) is 12.7 Å². The largest absolute Gasteiger partial charge is 0.508 e. The fraction of sp³-hybridized carbons (Fsp3) is 0.683. The van der Waals surface area contributed by atoms with Crippen LogP contribution in [0.4, 0.5) is 4.39 Å². The highest BCUT2D eigenvalue weighted by atomic mass is 19.1. The van der Waals surface area contributed by atoms with Gasteiger partial charge in [0.1, 0.15) is 17.7 Å². The molecular formula is C41H60FNO4.